The number of thioether (sulfide) groups is 1. The van der Waals surface area contributed by atoms with E-state index in [4.69, 9.17) is 0 Å². The van der Waals surface area contributed by atoms with Crippen LogP contribution < -0.4 is 15.1 Å². The minimum atomic E-state index is -0.820. The molecule has 40 heavy (non-hydrogen) atoms. The number of carbonyl (C=O) groups excluding carboxylic acids is 3. The molecule has 1 aromatic heterocycles. The molecule has 7 nitrogen and oxygen atoms in total. The van der Waals surface area contributed by atoms with Crippen molar-refractivity contribution in [3.05, 3.63) is 109 Å². The Bertz CT molecular complexity index is 1700. The summed E-state index contributed by atoms with van der Waals surface area (Å²) in [6.45, 7) is 1.69. The molecule has 11 heteroatoms. The Kier molecular flexibility index (Phi) is 6.97. The molecule has 1 saturated heterocycles. The van der Waals surface area contributed by atoms with Gasteiger partial charge >= 0.3 is 4.87 Å². The number of fused-ring (bicyclic) bond motifs is 2. The molecule has 2 aliphatic rings. The van der Waals surface area contributed by atoms with Crippen molar-refractivity contribution in [1.82, 2.24) is 4.57 Å². The number of nitrogens with zero attached hydrogens (tertiary/aromatic N) is 2. The molecule has 3 heterocycles. The van der Waals surface area contributed by atoms with Gasteiger partial charge in [-0.1, -0.05) is 68.9 Å². The van der Waals surface area contributed by atoms with E-state index in [1.54, 1.807) is 48.5 Å². The number of carbonyl (C=O) groups is 3. The predicted octanol–water partition coefficient (Wildman–Crippen LogP) is 5.55. The number of aromatic nitrogens is 1. The third-order valence-corrected chi connectivity index (χ3v) is 10.1. The maximum atomic E-state index is 13.9. The van der Waals surface area contributed by atoms with Crippen LogP contribution in [0.4, 0.5) is 15.8 Å². The zero-order valence-corrected chi connectivity index (χ0v) is 24.2. The molecule has 1 fully saturated rings. The van der Waals surface area contributed by atoms with Crippen molar-refractivity contribution in [3.8, 4) is 0 Å². The number of hydrogen-bond acceptors (Lipinski definition) is 6. The van der Waals surface area contributed by atoms with Crippen molar-refractivity contribution in [2.75, 3.05) is 10.2 Å². The molecule has 3 atom stereocenters. The van der Waals surface area contributed by atoms with Crippen LogP contribution in [-0.4, -0.2) is 27.5 Å². The molecule has 6 rings (SSSR count). The van der Waals surface area contributed by atoms with Gasteiger partial charge < -0.3 is 5.32 Å². The number of aryl methyl sites for hydroxylation is 1. The summed E-state index contributed by atoms with van der Waals surface area (Å²) >= 11 is 5.47. The van der Waals surface area contributed by atoms with Crippen molar-refractivity contribution in [2.45, 2.75) is 29.7 Å². The van der Waals surface area contributed by atoms with Gasteiger partial charge in [-0.25, -0.2) is 9.29 Å². The van der Waals surface area contributed by atoms with Gasteiger partial charge in [-0.3, -0.25) is 23.7 Å². The Morgan fingerprint density at radius 1 is 0.950 bits per heavy atom. The van der Waals surface area contributed by atoms with Crippen molar-refractivity contribution in [1.29, 1.82) is 0 Å². The molecular formula is C29H21BrFN3O4S2. The lowest BCUT2D eigenvalue weighted by atomic mass is 9.83. The maximum absolute atomic E-state index is 13.9. The van der Waals surface area contributed by atoms with E-state index in [0.29, 0.717) is 26.8 Å². The minimum Gasteiger partial charge on any atom is -0.325 e. The van der Waals surface area contributed by atoms with Crippen LogP contribution in [0, 0.1) is 18.7 Å². The van der Waals surface area contributed by atoms with Crippen LogP contribution in [0.2, 0.25) is 0 Å². The highest BCUT2D eigenvalue weighted by atomic mass is 79.9. The lowest BCUT2D eigenvalue weighted by molar-refractivity contribution is -0.122. The van der Waals surface area contributed by atoms with Gasteiger partial charge in [-0.15, -0.1) is 0 Å². The summed E-state index contributed by atoms with van der Waals surface area (Å²) in [5, 5.41) is 2.46. The van der Waals surface area contributed by atoms with Gasteiger partial charge in [0.25, 0.3) is 0 Å². The molecule has 2 aliphatic heterocycles. The number of nitrogens with one attached hydrogen (secondary N) is 1. The summed E-state index contributed by atoms with van der Waals surface area (Å²) in [5.74, 6) is -3.05. The SMILES string of the molecule is Cc1ccc(NC(=O)Cn2c3c(sc2=O)C(c2ccc(F)cc2)C2C(=O)N(c4ccc(Br)cc4)C(=O)C2S3)cc1. The molecule has 0 spiro atoms. The molecular weight excluding hydrogens is 617 g/mol. The van der Waals surface area contributed by atoms with Crippen LogP contribution in [0.25, 0.3) is 0 Å². The van der Waals surface area contributed by atoms with E-state index < -0.39 is 34.7 Å². The van der Waals surface area contributed by atoms with Gasteiger partial charge in [0.15, 0.2) is 0 Å². The first-order chi connectivity index (χ1) is 19.2. The fourth-order valence-corrected chi connectivity index (χ4v) is 8.15. The molecule has 0 saturated carbocycles. The van der Waals surface area contributed by atoms with Crippen molar-refractivity contribution >= 4 is 68.1 Å². The zero-order chi connectivity index (χ0) is 28.1. The molecule has 0 bridgehead atoms. The molecule has 1 N–H and O–H groups in total. The highest BCUT2D eigenvalue weighted by molar-refractivity contribution is 9.10. The highest BCUT2D eigenvalue weighted by Gasteiger charge is 2.56. The second kappa shape index (κ2) is 10.5. The van der Waals surface area contributed by atoms with Crippen LogP contribution >= 0.6 is 39.0 Å². The summed E-state index contributed by atoms with van der Waals surface area (Å²) in [5.41, 5.74) is 2.72. The third-order valence-electron chi connectivity index (χ3n) is 7.00. The normalized spacial score (nSPS) is 19.9. The molecule has 202 valence electrons. The fraction of sp³-hybridized carbons (Fsp3) is 0.172. The first kappa shape index (κ1) is 26.7. The molecule has 0 aliphatic carbocycles. The molecule has 3 aromatic carbocycles. The Hall–Kier alpha value is -3.54. The number of halogens is 2. The Morgan fingerprint density at radius 3 is 2.30 bits per heavy atom. The quantitative estimate of drug-likeness (QED) is 0.290. The Morgan fingerprint density at radius 2 is 1.62 bits per heavy atom. The van der Waals surface area contributed by atoms with Gasteiger partial charge in [0.05, 0.1) is 16.6 Å². The average molecular weight is 639 g/mol. The summed E-state index contributed by atoms with van der Waals surface area (Å²) < 4.78 is 16.0. The van der Waals surface area contributed by atoms with E-state index >= 15 is 0 Å². The summed E-state index contributed by atoms with van der Waals surface area (Å²) in [6, 6.07) is 20.0. The van der Waals surface area contributed by atoms with Crippen LogP contribution in [0.1, 0.15) is 21.9 Å². The number of thiazole rings is 1. The van der Waals surface area contributed by atoms with Gasteiger partial charge in [-0.2, -0.15) is 0 Å². The summed E-state index contributed by atoms with van der Waals surface area (Å²) in [7, 11) is 0. The number of hydrogen-bond donors (Lipinski definition) is 1. The van der Waals surface area contributed by atoms with Gasteiger partial charge in [0.1, 0.15) is 17.6 Å². The monoisotopic (exact) mass is 637 g/mol. The lowest BCUT2D eigenvalue weighted by Crippen LogP contribution is -2.33. The molecule has 0 radical (unpaired) electrons. The van der Waals surface area contributed by atoms with E-state index in [9.17, 15) is 23.6 Å². The van der Waals surface area contributed by atoms with Gasteiger partial charge in [0, 0.05) is 21.0 Å². The summed E-state index contributed by atoms with van der Waals surface area (Å²) in [4.78, 5) is 55.2. The first-order valence-corrected chi connectivity index (χ1v) is 14.9. The van der Waals surface area contributed by atoms with E-state index in [0.717, 1.165) is 33.1 Å². The first-order valence-electron chi connectivity index (χ1n) is 12.4. The van der Waals surface area contributed by atoms with E-state index in [1.807, 2.05) is 19.1 Å². The zero-order valence-electron chi connectivity index (χ0n) is 21.0. The average Bonchev–Trinajstić information content (AvgIpc) is 3.37. The van der Waals surface area contributed by atoms with Crippen LogP contribution in [-0.2, 0) is 20.9 Å². The largest absolute Gasteiger partial charge is 0.325 e. The van der Waals surface area contributed by atoms with Crippen LogP contribution in [0.5, 0.6) is 0 Å². The third kappa shape index (κ3) is 4.71. The molecule has 3 unspecified atom stereocenters. The number of imide groups is 1. The Labute approximate surface area is 245 Å². The standard InChI is InChI=1S/C29H21BrFN3O4S2/c1-15-2-10-19(11-3-15)32-21(35)14-33-28-25(40-29(33)38)22(16-4-8-18(31)9-5-16)23-24(39-28)27(37)34(26(23)36)20-12-6-17(30)7-13-20/h2-13,22-24H,14H2,1H3,(H,32,35). The number of benzene rings is 3. The lowest BCUT2D eigenvalue weighted by Gasteiger charge is -2.30. The molecule has 4 aromatic rings. The van der Waals surface area contributed by atoms with Crippen LogP contribution in [0.15, 0.2) is 87.1 Å². The van der Waals surface area contributed by atoms with Crippen molar-refractivity contribution in [3.63, 3.8) is 0 Å². The van der Waals surface area contributed by atoms with Gasteiger partial charge in [0.2, 0.25) is 17.7 Å². The van der Waals surface area contributed by atoms with Crippen LogP contribution in [0.3, 0.4) is 0 Å². The summed E-state index contributed by atoms with van der Waals surface area (Å²) in [6.07, 6.45) is 0. The topological polar surface area (TPSA) is 88.5 Å². The van der Waals surface area contributed by atoms with Crippen molar-refractivity contribution in [2.24, 2.45) is 5.92 Å². The minimum absolute atomic E-state index is 0.252. The predicted molar refractivity (Wildman–Crippen MR) is 156 cm³/mol. The smallest absolute Gasteiger partial charge is 0.308 e. The Balaban J connectivity index is 1.40. The van der Waals surface area contributed by atoms with E-state index in [1.165, 1.54) is 21.6 Å². The second-order valence-corrected chi connectivity index (χ2v) is 12.7. The van der Waals surface area contributed by atoms with Gasteiger partial charge in [-0.05, 0) is 61.0 Å². The number of amides is 3. The van der Waals surface area contributed by atoms with E-state index in [-0.39, 0.29) is 17.3 Å². The number of anilines is 2. The maximum Gasteiger partial charge on any atom is 0.308 e. The van der Waals surface area contributed by atoms with E-state index in [2.05, 4.69) is 21.2 Å². The second-order valence-electron chi connectivity index (χ2n) is 9.62. The fourth-order valence-electron chi connectivity index (χ4n) is 5.11. The molecule has 3 amide bonds. The van der Waals surface area contributed by atoms with Crippen molar-refractivity contribution < 1.29 is 18.8 Å². The highest BCUT2D eigenvalue weighted by Crippen LogP contribution is 2.53. The number of rotatable bonds is 5.